The number of urea groups is 1. The number of amides is 2. The molecule has 28 heavy (non-hydrogen) atoms. The lowest BCUT2D eigenvalue weighted by molar-refractivity contribution is 0.230. The molecule has 1 aromatic carbocycles. The van der Waals surface area contributed by atoms with E-state index in [0.717, 1.165) is 48.4 Å². The van der Waals surface area contributed by atoms with Crippen molar-refractivity contribution < 1.29 is 4.79 Å². The Bertz CT molecular complexity index is 803. The van der Waals surface area contributed by atoms with E-state index in [4.69, 9.17) is 4.98 Å². The van der Waals surface area contributed by atoms with Crippen LogP contribution in [-0.4, -0.2) is 46.2 Å². The number of hydrogen-bond donors (Lipinski definition) is 2. The number of nitrogens with zero attached hydrogens (tertiary/aromatic N) is 3. The highest BCUT2D eigenvalue weighted by Gasteiger charge is 2.16. The Kier molecular flexibility index (Phi) is 6.15. The first kappa shape index (κ1) is 19.2. The average Bonchev–Trinajstić information content (AvgIpc) is 3.03. The highest BCUT2D eigenvalue weighted by atomic mass is 16.2. The van der Waals surface area contributed by atoms with Gasteiger partial charge in [-0.15, -0.1) is 0 Å². The Hall–Kier alpha value is -2.08. The van der Waals surface area contributed by atoms with Gasteiger partial charge in [0.25, 0.3) is 0 Å². The van der Waals surface area contributed by atoms with Crippen molar-refractivity contribution in [1.82, 2.24) is 19.8 Å². The van der Waals surface area contributed by atoms with Crippen LogP contribution in [0.5, 0.6) is 0 Å². The van der Waals surface area contributed by atoms with Gasteiger partial charge in [-0.1, -0.05) is 25.7 Å². The van der Waals surface area contributed by atoms with Crippen molar-refractivity contribution in [3.63, 3.8) is 0 Å². The Morgan fingerprint density at radius 2 is 1.86 bits per heavy atom. The summed E-state index contributed by atoms with van der Waals surface area (Å²) in [5.74, 6) is 1.12. The van der Waals surface area contributed by atoms with Crippen LogP contribution in [0, 0.1) is 0 Å². The molecule has 2 heterocycles. The molecule has 1 saturated carbocycles. The molecule has 1 aliphatic carbocycles. The number of piperidine rings is 1. The summed E-state index contributed by atoms with van der Waals surface area (Å²) in [6.45, 7) is 3.51. The zero-order valence-electron chi connectivity index (χ0n) is 17.0. The molecule has 2 aliphatic rings. The first-order chi connectivity index (χ1) is 13.7. The highest BCUT2D eigenvalue weighted by Crippen LogP contribution is 2.21. The summed E-state index contributed by atoms with van der Waals surface area (Å²) in [5, 5.41) is 6.09. The van der Waals surface area contributed by atoms with Crippen molar-refractivity contribution >= 4 is 22.8 Å². The predicted molar refractivity (Wildman–Crippen MR) is 114 cm³/mol. The maximum atomic E-state index is 12.3. The molecular formula is C22H33N5O. The third-order valence-corrected chi connectivity index (χ3v) is 6.27. The molecule has 0 atom stereocenters. The second-order valence-corrected chi connectivity index (χ2v) is 8.38. The van der Waals surface area contributed by atoms with E-state index in [-0.39, 0.29) is 6.03 Å². The molecule has 1 aliphatic heterocycles. The Morgan fingerprint density at radius 1 is 1.11 bits per heavy atom. The Balaban J connectivity index is 1.38. The van der Waals surface area contributed by atoms with Gasteiger partial charge in [-0.05, 0) is 57.0 Å². The molecule has 0 radical (unpaired) electrons. The van der Waals surface area contributed by atoms with Crippen LogP contribution in [0.15, 0.2) is 18.2 Å². The van der Waals surface area contributed by atoms with Crippen molar-refractivity contribution in [2.75, 3.05) is 25.0 Å². The van der Waals surface area contributed by atoms with Crippen LogP contribution in [0.1, 0.15) is 57.2 Å². The molecule has 1 aromatic heterocycles. The van der Waals surface area contributed by atoms with E-state index in [1.807, 2.05) is 12.1 Å². The number of fused-ring (bicyclic) bond motifs is 1. The van der Waals surface area contributed by atoms with E-state index in [1.54, 1.807) is 0 Å². The molecule has 0 bridgehead atoms. The number of aryl methyl sites for hydroxylation is 1. The third kappa shape index (κ3) is 4.66. The fraction of sp³-hybridized carbons (Fsp3) is 0.636. The smallest absolute Gasteiger partial charge is 0.319 e. The van der Waals surface area contributed by atoms with Crippen molar-refractivity contribution in [3.05, 3.63) is 24.0 Å². The molecular weight excluding hydrogens is 350 g/mol. The van der Waals surface area contributed by atoms with Crippen LogP contribution >= 0.6 is 0 Å². The molecule has 2 N–H and O–H groups in total. The van der Waals surface area contributed by atoms with E-state index in [0.29, 0.717) is 6.04 Å². The van der Waals surface area contributed by atoms with E-state index in [9.17, 15) is 4.79 Å². The van der Waals surface area contributed by atoms with Crippen LogP contribution in [0.4, 0.5) is 10.5 Å². The van der Waals surface area contributed by atoms with E-state index in [1.165, 1.54) is 51.6 Å². The molecule has 152 valence electrons. The molecule has 4 rings (SSSR count). The SMILES string of the molecule is Cn1c(CCN2CCCCC2)nc2cc(NC(=O)NC3CCCCC3)ccc21. The lowest BCUT2D eigenvalue weighted by Crippen LogP contribution is -2.38. The Labute approximate surface area is 167 Å². The van der Waals surface area contributed by atoms with Crippen LogP contribution in [-0.2, 0) is 13.5 Å². The van der Waals surface area contributed by atoms with Gasteiger partial charge in [0, 0.05) is 31.7 Å². The molecule has 2 aromatic rings. The standard InChI is InChI=1S/C22H33N5O/c1-26-20-11-10-18(24-22(28)23-17-8-4-2-5-9-17)16-19(20)25-21(26)12-15-27-13-6-3-7-14-27/h10-11,16-17H,2-9,12-15H2,1H3,(H2,23,24,28). The topological polar surface area (TPSA) is 62.2 Å². The quantitative estimate of drug-likeness (QED) is 0.819. The van der Waals surface area contributed by atoms with Crippen molar-refractivity contribution in [3.8, 4) is 0 Å². The number of likely N-dealkylation sites (tertiary alicyclic amines) is 1. The van der Waals surface area contributed by atoms with Gasteiger partial charge in [-0.25, -0.2) is 9.78 Å². The molecule has 2 fully saturated rings. The van der Waals surface area contributed by atoms with Gasteiger partial charge in [0.2, 0.25) is 0 Å². The van der Waals surface area contributed by atoms with Gasteiger partial charge in [0.1, 0.15) is 5.82 Å². The summed E-state index contributed by atoms with van der Waals surface area (Å²) < 4.78 is 2.19. The zero-order valence-corrected chi connectivity index (χ0v) is 17.0. The molecule has 2 amide bonds. The largest absolute Gasteiger partial charge is 0.335 e. The van der Waals surface area contributed by atoms with Crippen LogP contribution in [0.3, 0.4) is 0 Å². The van der Waals surface area contributed by atoms with Crippen LogP contribution < -0.4 is 10.6 Å². The van der Waals surface area contributed by atoms with Crippen molar-refractivity contribution in [2.45, 2.75) is 63.8 Å². The summed E-state index contributed by atoms with van der Waals surface area (Å²) in [6.07, 6.45) is 10.9. The number of carbonyl (C=O) groups excluding carboxylic acids is 1. The first-order valence-corrected chi connectivity index (χ1v) is 10.9. The second kappa shape index (κ2) is 8.95. The number of carbonyl (C=O) groups is 1. The number of rotatable bonds is 5. The summed E-state index contributed by atoms with van der Waals surface area (Å²) in [4.78, 5) is 19.7. The number of hydrogen-bond acceptors (Lipinski definition) is 3. The summed E-state index contributed by atoms with van der Waals surface area (Å²) in [7, 11) is 2.09. The molecule has 0 spiro atoms. The summed E-state index contributed by atoms with van der Waals surface area (Å²) in [6, 6.07) is 6.23. The van der Waals surface area contributed by atoms with E-state index in [2.05, 4.69) is 33.2 Å². The average molecular weight is 384 g/mol. The van der Waals surface area contributed by atoms with Gasteiger partial charge < -0.3 is 20.1 Å². The van der Waals surface area contributed by atoms with Crippen LogP contribution in [0.25, 0.3) is 11.0 Å². The van der Waals surface area contributed by atoms with Gasteiger partial charge in [-0.3, -0.25) is 0 Å². The zero-order chi connectivity index (χ0) is 19.3. The number of benzene rings is 1. The lowest BCUT2D eigenvalue weighted by Gasteiger charge is -2.26. The van der Waals surface area contributed by atoms with Gasteiger partial charge in [0.15, 0.2) is 0 Å². The van der Waals surface area contributed by atoms with Crippen molar-refractivity contribution in [1.29, 1.82) is 0 Å². The summed E-state index contributed by atoms with van der Waals surface area (Å²) in [5.41, 5.74) is 2.87. The molecule has 0 unspecified atom stereocenters. The summed E-state index contributed by atoms with van der Waals surface area (Å²) >= 11 is 0. The lowest BCUT2D eigenvalue weighted by atomic mass is 9.96. The molecule has 1 saturated heterocycles. The number of anilines is 1. The van der Waals surface area contributed by atoms with Gasteiger partial charge in [-0.2, -0.15) is 0 Å². The highest BCUT2D eigenvalue weighted by molar-refractivity contribution is 5.92. The van der Waals surface area contributed by atoms with E-state index >= 15 is 0 Å². The fourth-order valence-electron chi connectivity index (χ4n) is 4.59. The van der Waals surface area contributed by atoms with Crippen molar-refractivity contribution in [2.24, 2.45) is 7.05 Å². The minimum atomic E-state index is -0.104. The number of nitrogens with one attached hydrogen (secondary N) is 2. The van der Waals surface area contributed by atoms with Gasteiger partial charge >= 0.3 is 6.03 Å². The second-order valence-electron chi connectivity index (χ2n) is 8.38. The minimum absolute atomic E-state index is 0.104. The minimum Gasteiger partial charge on any atom is -0.335 e. The Morgan fingerprint density at radius 3 is 2.64 bits per heavy atom. The predicted octanol–water partition coefficient (Wildman–Crippen LogP) is 4.06. The maximum absolute atomic E-state index is 12.3. The number of aromatic nitrogens is 2. The third-order valence-electron chi connectivity index (χ3n) is 6.27. The normalized spacial score (nSPS) is 19.0. The molecule has 6 nitrogen and oxygen atoms in total. The maximum Gasteiger partial charge on any atom is 0.319 e. The first-order valence-electron chi connectivity index (χ1n) is 10.9. The van der Waals surface area contributed by atoms with Crippen LogP contribution in [0.2, 0.25) is 0 Å². The molecule has 6 heteroatoms. The monoisotopic (exact) mass is 383 g/mol. The van der Waals surface area contributed by atoms with Gasteiger partial charge in [0.05, 0.1) is 11.0 Å². The number of imidazole rings is 1. The fourth-order valence-corrected chi connectivity index (χ4v) is 4.59. The van der Waals surface area contributed by atoms with E-state index < -0.39 is 0 Å².